The van der Waals surface area contributed by atoms with Gasteiger partial charge < -0.3 is 10.1 Å². The van der Waals surface area contributed by atoms with Crippen molar-refractivity contribution in [3.63, 3.8) is 0 Å². The number of methoxy groups -OCH3 is 1. The summed E-state index contributed by atoms with van der Waals surface area (Å²) in [5, 5.41) is 2.96. The summed E-state index contributed by atoms with van der Waals surface area (Å²) in [6.45, 7) is 1.95. The second-order valence-corrected chi connectivity index (χ2v) is 6.77. The average Bonchev–Trinajstić information content (AvgIpc) is 2.61. The largest absolute Gasteiger partial charge is 0.497 e. The molecule has 4 nitrogen and oxygen atoms in total. The Labute approximate surface area is 156 Å². The predicted molar refractivity (Wildman–Crippen MR) is 102 cm³/mol. The Hall–Kier alpha value is -2.14. The van der Waals surface area contributed by atoms with Crippen LogP contribution in [0.2, 0.25) is 0 Å². The Balaban J connectivity index is 1.76. The second-order valence-electron chi connectivity index (χ2n) is 5.85. The molecule has 0 radical (unpaired) electrons. The van der Waals surface area contributed by atoms with E-state index in [1.54, 1.807) is 31.4 Å². The summed E-state index contributed by atoms with van der Waals surface area (Å²) >= 11 is 3.43. The summed E-state index contributed by atoms with van der Waals surface area (Å²) in [5.41, 5.74) is 1.68. The molecule has 0 aromatic heterocycles. The van der Waals surface area contributed by atoms with Crippen molar-refractivity contribution < 1.29 is 14.3 Å². The van der Waals surface area contributed by atoms with Gasteiger partial charge in [0.2, 0.25) is 5.91 Å². The van der Waals surface area contributed by atoms with Crippen LogP contribution >= 0.6 is 15.9 Å². The highest BCUT2D eigenvalue weighted by molar-refractivity contribution is 9.10. The third-order valence-corrected chi connectivity index (χ3v) is 4.44. The molecule has 0 aliphatic carbocycles. The van der Waals surface area contributed by atoms with E-state index in [1.807, 2.05) is 31.2 Å². The highest BCUT2D eigenvalue weighted by atomic mass is 79.9. The lowest BCUT2D eigenvalue weighted by Gasteiger charge is -2.14. The fourth-order valence-electron chi connectivity index (χ4n) is 2.50. The van der Waals surface area contributed by atoms with Crippen LogP contribution in [0.5, 0.6) is 5.75 Å². The number of carbonyl (C=O) groups is 2. The molecule has 5 heteroatoms. The van der Waals surface area contributed by atoms with Gasteiger partial charge in [-0.05, 0) is 55.3 Å². The lowest BCUT2D eigenvalue weighted by Crippen LogP contribution is -2.26. The highest BCUT2D eigenvalue weighted by Crippen LogP contribution is 2.18. The van der Waals surface area contributed by atoms with Gasteiger partial charge in [0, 0.05) is 22.9 Å². The van der Waals surface area contributed by atoms with Crippen molar-refractivity contribution >= 4 is 27.6 Å². The van der Waals surface area contributed by atoms with Crippen molar-refractivity contribution in [1.29, 1.82) is 0 Å². The van der Waals surface area contributed by atoms with E-state index in [9.17, 15) is 9.59 Å². The SMILES string of the molecule is COc1ccc(C(=O)CCCC(=O)NC(C)c2cccc(Br)c2)cc1. The summed E-state index contributed by atoms with van der Waals surface area (Å²) < 4.78 is 6.06. The molecule has 0 fully saturated rings. The smallest absolute Gasteiger partial charge is 0.220 e. The van der Waals surface area contributed by atoms with Crippen LogP contribution in [-0.4, -0.2) is 18.8 Å². The van der Waals surface area contributed by atoms with Crippen molar-refractivity contribution in [2.24, 2.45) is 0 Å². The molecule has 1 atom stereocenters. The maximum absolute atomic E-state index is 12.1. The Morgan fingerprint density at radius 1 is 1.12 bits per heavy atom. The molecular formula is C20H22BrNO3. The number of ketones is 1. The first kappa shape index (κ1) is 19.2. The number of hydrogen-bond donors (Lipinski definition) is 1. The number of hydrogen-bond acceptors (Lipinski definition) is 3. The van der Waals surface area contributed by atoms with Gasteiger partial charge in [-0.25, -0.2) is 0 Å². The van der Waals surface area contributed by atoms with Crippen molar-refractivity contribution in [2.75, 3.05) is 7.11 Å². The number of rotatable bonds is 8. The molecule has 2 aromatic carbocycles. The molecule has 1 amide bonds. The normalized spacial score (nSPS) is 11.6. The fraction of sp³-hybridized carbons (Fsp3) is 0.300. The first-order valence-corrected chi connectivity index (χ1v) is 9.01. The third kappa shape index (κ3) is 6.02. The zero-order valence-electron chi connectivity index (χ0n) is 14.4. The van der Waals surface area contributed by atoms with Crippen LogP contribution in [0.25, 0.3) is 0 Å². The molecule has 132 valence electrons. The van der Waals surface area contributed by atoms with Gasteiger partial charge in [-0.2, -0.15) is 0 Å². The van der Waals surface area contributed by atoms with Gasteiger partial charge in [0.25, 0.3) is 0 Å². The molecule has 2 rings (SSSR count). The molecule has 0 saturated carbocycles. The monoisotopic (exact) mass is 403 g/mol. The molecule has 2 aromatic rings. The lowest BCUT2D eigenvalue weighted by atomic mass is 10.0. The molecule has 1 N–H and O–H groups in total. The fourth-order valence-corrected chi connectivity index (χ4v) is 2.92. The Morgan fingerprint density at radius 2 is 1.84 bits per heavy atom. The van der Waals surface area contributed by atoms with E-state index in [4.69, 9.17) is 4.74 Å². The lowest BCUT2D eigenvalue weighted by molar-refractivity contribution is -0.121. The van der Waals surface area contributed by atoms with E-state index in [-0.39, 0.29) is 17.7 Å². The molecule has 0 bridgehead atoms. The molecule has 0 spiro atoms. The average molecular weight is 404 g/mol. The van der Waals surface area contributed by atoms with Crippen LogP contribution in [0.1, 0.15) is 48.1 Å². The van der Waals surface area contributed by atoms with Crippen molar-refractivity contribution in [3.8, 4) is 5.75 Å². The second kappa shape index (κ2) is 9.37. The molecular weight excluding hydrogens is 382 g/mol. The molecule has 0 saturated heterocycles. The van der Waals surface area contributed by atoms with Crippen LogP contribution in [0, 0.1) is 0 Å². The summed E-state index contributed by atoms with van der Waals surface area (Å²) in [5.74, 6) is 0.711. The van der Waals surface area contributed by atoms with E-state index >= 15 is 0 Å². The number of nitrogens with one attached hydrogen (secondary N) is 1. The zero-order valence-corrected chi connectivity index (χ0v) is 16.0. The summed E-state index contributed by atoms with van der Waals surface area (Å²) in [4.78, 5) is 24.2. The maximum Gasteiger partial charge on any atom is 0.220 e. The molecule has 25 heavy (non-hydrogen) atoms. The minimum Gasteiger partial charge on any atom is -0.497 e. The first-order chi connectivity index (χ1) is 12.0. The van der Waals surface area contributed by atoms with Crippen LogP contribution in [0.3, 0.4) is 0 Å². The number of ether oxygens (including phenoxy) is 1. The Kier molecular flexibility index (Phi) is 7.19. The number of benzene rings is 2. The number of carbonyl (C=O) groups excluding carboxylic acids is 2. The number of halogens is 1. The minimum absolute atomic E-state index is 0.0375. The van der Waals surface area contributed by atoms with Crippen LogP contribution in [0.4, 0.5) is 0 Å². The van der Waals surface area contributed by atoms with Gasteiger partial charge in [0.05, 0.1) is 13.2 Å². The molecule has 0 heterocycles. The summed E-state index contributed by atoms with van der Waals surface area (Å²) in [6, 6.07) is 14.8. The van der Waals surface area contributed by atoms with E-state index in [0.29, 0.717) is 24.8 Å². The van der Waals surface area contributed by atoms with Crippen LogP contribution in [0.15, 0.2) is 53.0 Å². The summed E-state index contributed by atoms with van der Waals surface area (Å²) in [7, 11) is 1.59. The zero-order chi connectivity index (χ0) is 18.2. The predicted octanol–water partition coefficient (Wildman–Crippen LogP) is 4.69. The topological polar surface area (TPSA) is 55.4 Å². The molecule has 0 aliphatic heterocycles. The van der Waals surface area contributed by atoms with Crippen molar-refractivity contribution in [1.82, 2.24) is 5.32 Å². The highest BCUT2D eigenvalue weighted by Gasteiger charge is 2.11. The minimum atomic E-state index is -0.0673. The quantitative estimate of drug-likeness (QED) is 0.650. The van der Waals surface area contributed by atoms with E-state index in [1.165, 1.54) is 0 Å². The number of Topliss-reactive ketones (excluding diaryl/α,β-unsaturated/α-hetero) is 1. The summed E-state index contributed by atoms with van der Waals surface area (Å²) in [6.07, 6.45) is 1.22. The van der Waals surface area contributed by atoms with E-state index < -0.39 is 0 Å². The van der Waals surface area contributed by atoms with Crippen LogP contribution in [-0.2, 0) is 4.79 Å². The van der Waals surface area contributed by atoms with Crippen molar-refractivity contribution in [2.45, 2.75) is 32.2 Å². The van der Waals surface area contributed by atoms with Gasteiger partial charge in [-0.15, -0.1) is 0 Å². The number of amides is 1. The molecule has 1 unspecified atom stereocenters. The van der Waals surface area contributed by atoms with E-state index in [0.717, 1.165) is 15.8 Å². The molecule has 0 aliphatic rings. The van der Waals surface area contributed by atoms with Gasteiger partial charge in [0.1, 0.15) is 5.75 Å². The Morgan fingerprint density at radius 3 is 2.48 bits per heavy atom. The van der Waals surface area contributed by atoms with Gasteiger partial charge >= 0.3 is 0 Å². The van der Waals surface area contributed by atoms with Crippen molar-refractivity contribution in [3.05, 3.63) is 64.1 Å². The van der Waals surface area contributed by atoms with Crippen LogP contribution < -0.4 is 10.1 Å². The van der Waals surface area contributed by atoms with Gasteiger partial charge in [0.15, 0.2) is 5.78 Å². The Bertz CT molecular complexity index is 728. The third-order valence-electron chi connectivity index (χ3n) is 3.95. The first-order valence-electron chi connectivity index (χ1n) is 8.21. The standard InChI is InChI=1S/C20H22BrNO3/c1-14(16-5-3-6-17(21)13-16)22-20(24)8-4-7-19(23)15-9-11-18(25-2)12-10-15/h3,5-6,9-14H,4,7-8H2,1-2H3,(H,22,24). The van der Waals surface area contributed by atoms with E-state index in [2.05, 4.69) is 21.2 Å². The van der Waals surface area contributed by atoms with Gasteiger partial charge in [-0.3, -0.25) is 9.59 Å². The van der Waals surface area contributed by atoms with Gasteiger partial charge in [-0.1, -0.05) is 28.1 Å². The maximum atomic E-state index is 12.1.